The van der Waals surface area contributed by atoms with Crippen molar-refractivity contribution in [2.75, 3.05) is 12.8 Å². The number of carbonyl (C=O) groups is 1. The van der Waals surface area contributed by atoms with Crippen molar-refractivity contribution in [3.63, 3.8) is 0 Å². The van der Waals surface area contributed by atoms with Crippen LogP contribution in [0.2, 0.25) is 5.02 Å². The molecule has 0 unspecified atom stereocenters. The molecule has 0 saturated carbocycles. The van der Waals surface area contributed by atoms with Crippen molar-refractivity contribution in [2.24, 2.45) is 0 Å². The summed E-state index contributed by atoms with van der Waals surface area (Å²) in [4.78, 5) is 11.6. The highest BCUT2D eigenvalue weighted by Gasteiger charge is 2.27. The van der Waals surface area contributed by atoms with Crippen LogP contribution in [0.3, 0.4) is 0 Å². The first-order valence-electron chi connectivity index (χ1n) is 5.55. The summed E-state index contributed by atoms with van der Waals surface area (Å²) < 4.78 is 31.2. The van der Waals surface area contributed by atoms with Crippen LogP contribution in [0.15, 0.2) is 39.8 Å². The smallest absolute Gasteiger partial charge is 0.357 e. The van der Waals surface area contributed by atoms with Gasteiger partial charge in [0.1, 0.15) is 4.90 Å². The number of nitrogens with zero attached hydrogens (tertiary/aromatic N) is 1. The van der Waals surface area contributed by atoms with Gasteiger partial charge in [-0.15, -0.1) is 0 Å². The number of hydrogen-bond acceptors (Lipinski definition) is 5. The predicted molar refractivity (Wildman–Crippen MR) is 81.9 cm³/mol. The Balaban J connectivity index is 2.68. The van der Waals surface area contributed by atoms with Gasteiger partial charge in [-0.2, -0.15) is 0 Å². The van der Waals surface area contributed by atoms with Gasteiger partial charge in [-0.25, -0.2) is 17.2 Å². The summed E-state index contributed by atoms with van der Waals surface area (Å²) in [5.41, 5.74) is 5.51. The lowest BCUT2D eigenvalue weighted by molar-refractivity contribution is 0.0593. The van der Waals surface area contributed by atoms with E-state index >= 15 is 0 Å². The first kappa shape index (κ1) is 15.9. The van der Waals surface area contributed by atoms with Gasteiger partial charge in [0, 0.05) is 10.7 Å². The van der Waals surface area contributed by atoms with Crippen LogP contribution in [0.5, 0.6) is 0 Å². The second-order valence-corrected chi connectivity index (χ2v) is 7.09. The van der Waals surface area contributed by atoms with Gasteiger partial charge in [0.25, 0.3) is 10.0 Å². The van der Waals surface area contributed by atoms with Crippen molar-refractivity contribution in [3.05, 3.63) is 45.7 Å². The van der Waals surface area contributed by atoms with Crippen LogP contribution in [0, 0.1) is 0 Å². The van der Waals surface area contributed by atoms with Gasteiger partial charge in [-0.05, 0) is 24.3 Å². The van der Waals surface area contributed by atoms with Crippen LogP contribution in [-0.2, 0) is 14.8 Å². The normalized spacial score (nSPS) is 11.4. The molecule has 0 bridgehead atoms. The molecule has 0 radical (unpaired) electrons. The molecule has 1 heterocycles. The molecule has 0 fully saturated rings. The number of hydrogen-bond donors (Lipinski definition) is 1. The Hall–Kier alpha value is -1.51. The molecule has 2 N–H and O–H groups in total. The van der Waals surface area contributed by atoms with Crippen molar-refractivity contribution < 1.29 is 17.9 Å². The highest BCUT2D eigenvalue weighted by atomic mass is 79.9. The highest BCUT2D eigenvalue weighted by Crippen LogP contribution is 2.28. The Kier molecular flexibility index (Phi) is 4.31. The molecule has 0 atom stereocenters. The third kappa shape index (κ3) is 2.78. The molecule has 0 saturated heterocycles. The second-order valence-electron chi connectivity index (χ2n) is 3.99. The summed E-state index contributed by atoms with van der Waals surface area (Å²) in [5, 5.41) is -0.0268. The zero-order valence-electron chi connectivity index (χ0n) is 10.7. The van der Waals surface area contributed by atoms with E-state index in [-0.39, 0.29) is 21.3 Å². The summed E-state index contributed by atoms with van der Waals surface area (Å²) in [5.74, 6) is -0.857. The fraction of sp³-hybridized carbons (Fsp3) is 0.0833. The van der Waals surface area contributed by atoms with Gasteiger partial charge in [-0.3, -0.25) is 0 Å². The number of nitrogens with two attached hydrogens (primary N) is 1. The third-order valence-electron chi connectivity index (χ3n) is 2.69. The van der Waals surface area contributed by atoms with Gasteiger partial charge in [0.15, 0.2) is 5.69 Å². The quantitative estimate of drug-likeness (QED) is 0.639. The average Bonchev–Trinajstić information content (AvgIpc) is 2.80. The van der Waals surface area contributed by atoms with Crippen molar-refractivity contribution >= 4 is 49.2 Å². The number of ether oxygens (including phenoxy) is 1. The Morgan fingerprint density at radius 2 is 2.05 bits per heavy atom. The minimum Gasteiger partial charge on any atom is -0.464 e. The third-order valence-corrected chi connectivity index (χ3v) is 5.24. The van der Waals surface area contributed by atoms with E-state index in [1.807, 2.05) is 0 Å². The lowest BCUT2D eigenvalue weighted by atomic mass is 10.3. The molecule has 6 nitrogen and oxygen atoms in total. The number of anilines is 1. The van der Waals surface area contributed by atoms with E-state index in [1.54, 1.807) is 0 Å². The zero-order chi connectivity index (χ0) is 15.8. The molecule has 0 aliphatic rings. The maximum atomic E-state index is 12.6. The molecule has 0 aliphatic carbocycles. The van der Waals surface area contributed by atoms with Crippen molar-refractivity contribution in [1.82, 2.24) is 3.97 Å². The molecule has 1 aromatic carbocycles. The Morgan fingerprint density at radius 1 is 1.38 bits per heavy atom. The molecular weight excluding hydrogens is 384 g/mol. The summed E-state index contributed by atoms with van der Waals surface area (Å²) in [6.07, 6.45) is 1.17. The number of carbonyl (C=O) groups excluding carboxylic acids is 1. The molecule has 1 aromatic heterocycles. The largest absolute Gasteiger partial charge is 0.464 e. The van der Waals surface area contributed by atoms with Crippen LogP contribution in [0.1, 0.15) is 10.5 Å². The number of benzene rings is 1. The number of nitrogen functional groups attached to an aromatic ring is 1. The van der Waals surface area contributed by atoms with Crippen molar-refractivity contribution in [1.29, 1.82) is 0 Å². The second kappa shape index (κ2) is 5.70. The molecule has 0 amide bonds. The first-order valence-corrected chi connectivity index (χ1v) is 8.16. The summed E-state index contributed by atoms with van der Waals surface area (Å²) in [6.45, 7) is 0. The monoisotopic (exact) mass is 392 g/mol. The number of methoxy groups -OCH3 is 1. The number of aromatic nitrogens is 1. The molecule has 112 valence electrons. The Bertz CT molecular complexity index is 817. The molecule has 0 aliphatic heterocycles. The predicted octanol–water partition coefficient (Wildman–Crippen LogP) is 2.51. The van der Waals surface area contributed by atoms with Gasteiger partial charge in [0.2, 0.25) is 0 Å². The minimum absolute atomic E-state index is 0.0268. The lowest BCUT2D eigenvalue weighted by Gasteiger charge is -2.11. The van der Waals surface area contributed by atoms with Gasteiger partial charge in [-0.1, -0.05) is 27.5 Å². The van der Waals surface area contributed by atoms with E-state index < -0.39 is 16.0 Å². The summed E-state index contributed by atoms with van der Waals surface area (Å²) in [6, 6.07) is 5.62. The van der Waals surface area contributed by atoms with Crippen LogP contribution >= 0.6 is 27.5 Å². The van der Waals surface area contributed by atoms with E-state index in [0.717, 1.165) is 11.1 Å². The molecule has 2 rings (SSSR count). The molecule has 0 spiro atoms. The number of esters is 1. The summed E-state index contributed by atoms with van der Waals surface area (Å²) >= 11 is 9.05. The van der Waals surface area contributed by atoms with E-state index in [2.05, 4.69) is 20.7 Å². The molecule has 2 aromatic rings. The first-order chi connectivity index (χ1) is 9.78. The van der Waals surface area contributed by atoms with E-state index in [1.165, 1.54) is 30.5 Å². The maximum absolute atomic E-state index is 12.6. The Morgan fingerprint density at radius 3 is 2.62 bits per heavy atom. The minimum atomic E-state index is -4.07. The van der Waals surface area contributed by atoms with Crippen molar-refractivity contribution in [3.8, 4) is 0 Å². The summed E-state index contributed by atoms with van der Waals surface area (Å²) in [7, 11) is -2.93. The van der Waals surface area contributed by atoms with E-state index in [9.17, 15) is 13.2 Å². The van der Waals surface area contributed by atoms with E-state index in [0.29, 0.717) is 4.47 Å². The lowest BCUT2D eigenvalue weighted by Crippen LogP contribution is -2.19. The molecule has 9 heteroatoms. The maximum Gasteiger partial charge on any atom is 0.357 e. The fourth-order valence-corrected chi connectivity index (χ4v) is 3.83. The number of rotatable bonds is 3. The Labute approximate surface area is 134 Å². The van der Waals surface area contributed by atoms with Gasteiger partial charge < -0.3 is 10.5 Å². The number of halogens is 2. The highest BCUT2D eigenvalue weighted by molar-refractivity contribution is 9.10. The SMILES string of the molecule is COC(=O)c1c(Cl)ccn1S(=O)(=O)c1ccc(Br)cc1N. The van der Waals surface area contributed by atoms with Crippen molar-refractivity contribution in [2.45, 2.75) is 4.90 Å². The van der Waals surface area contributed by atoms with Crippen LogP contribution in [0.25, 0.3) is 0 Å². The topological polar surface area (TPSA) is 91.4 Å². The average molecular weight is 394 g/mol. The van der Waals surface area contributed by atoms with Gasteiger partial charge in [0.05, 0.1) is 17.8 Å². The standard InChI is InChI=1S/C12H10BrClN2O4S/c1-20-12(17)11-8(14)4-5-16(11)21(18,19)10-3-2-7(13)6-9(10)15/h2-6H,15H2,1H3. The fourth-order valence-electron chi connectivity index (χ4n) is 1.74. The van der Waals surface area contributed by atoms with Gasteiger partial charge >= 0.3 is 5.97 Å². The molecule has 21 heavy (non-hydrogen) atoms. The zero-order valence-corrected chi connectivity index (χ0v) is 13.9. The van der Waals surface area contributed by atoms with Crippen LogP contribution in [-0.4, -0.2) is 25.5 Å². The molecular formula is C12H10BrClN2O4S. The van der Waals surface area contributed by atoms with Crippen LogP contribution < -0.4 is 5.73 Å². The van der Waals surface area contributed by atoms with Crippen LogP contribution in [0.4, 0.5) is 5.69 Å². The van der Waals surface area contributed by atoms with E-state index in [4.69, 9.17) is 17.3 Å².